The first kappa shape index (κ1) is 12.8. The van der Waals surface area contributed by atoms with Gasteiger partial charge in [0.2, 0.25) is 0 Å². The minimum Gasteiger partial charge on any atom is -0.324 e. The minimum absolute atomic E-state index is 0.0625. The van der Waals surface area contributed by atoms with E-state index in [2.05, 4.69) is 0 Å². The summed E-state index contributed by atoms with van der Waals surface area (Å²) in [5.41, 5.74) is 0. The molecule has 0 radical (unpaired) electrons. The minimum atomic E-state index is -3.65. The summed E-state index contributed by atoms with van der Waals surface area (Å²) in [4.78, 5) is 17.9. The number of rotatable bonds is 1. The van der Waals surface area contributed by atoms with Crippen molar-refractivity contribution in [2.45, 2.75) is 6.92 Å². The Morgan fingerprint density at radius 1 is 1.30 bits per heavy atom. The van der Waals surface area contributed by atoms with Crippen LogP contribution in [0, 0.1) is 0 Å². The number of nitrogens with zero attached hydrogens (tertiary/aromatic N) is 1. The summed E-state index contributed by atoms with van der Waals surface area (Å²) in [7, 11) is 2.35. The van der Waals surface area contributed by atoms with E-state index in [-0.39, 0.29) is 6.16 Å². The average molecular weight is 169 g/mol. The van der Waals surface area contributed by atoms with Crippen LogP contribution in [0.5, 0.6) is 0 Å². The Balaban J connectivity index is 0. The van der Waals surface area contributed by atoms with Gasteiger partial charge in [-0.05, 0) is 21.1 Å². The molecule has 0 saturated carbocycles. The summed E-state index contributed by atoms with van der Waals surface area (Å²) in [6.07, 6.45) is -0.0625. The third kappa shape index (κ3) is 42.4. The zero-order valence-corrected chi connectivity index (χ0v) is 7.80. The quantitative estimate of drug-likeness (QED) is 0.556. The van der Waals surface area contributed by atoms with Crippen molar-refractivity contribution in [3.8, 4) is 0 Å². The highest BCUT2D eigenvalue weighted by Gasteiger charge is 2.05. The lowest BCUT2D eigenvalue weighted by Gasteiger charge is -1.92. The molecule has 0 amide bonds. The summed E-state index contributed by atoms with van der Waals surface area (Å²) in [5, 5.41) is 0. The summed E-state index contributed by atoms with van der Waals surface area (Å²) in [5.74, 6) is 0. The molecule has 10 heavy (non-hydrogen) atoms. The lowest BCUT2D eigenvalue weighted by atomic mass is 11.0. The standard InChI is InChI=1S/C3H9N.C2H7O3P/c1-4(2)3;1-2-6(3,4)5/h1-3H3;2H2,1H3,(H2,3,4,5). The monoisotopic (exact) mass is 169 g/mol. The number of hydrogen-bond acceptors (Lipinski definition) is 2. The molecule has 0 heterocycles. The first-order valence-electron chi connectivity index (χ1n) is 2.95. The van der Waals surface area contributed by atoms with Crippen LogP contribution < -0.4 is 0 Å². The molecule has 5 heteroatoms. The highest BCUT2D eigenvalue weighted by atomic mass is 31.2. The molecule has 0 aliphatic rings. The van der Waals surface area contributed by atoms with Gasteiger partial charge in [0, 0.05) is 6.16 Å². The van der Waals surface area contributed by atoms with Crippen LogP contribution in [0.1, 0.15) is 6.92 Å². The zero-order chi connectivity index (χ0) is 8.78. The largest absolute Gasteiger partial charge is 0.325 e. The van der Waals surface area contributed by atoms with Crippen molar-refractivity contribution in [3.63, 3.8) is 0 Å². The van der Waals surface area contributed by atoms with Gasteiger partial charge in [-0.15, -0.1) is 0 Å². The normalized spacial score (nSPS) is 10.7. The molecular weight excluding hydrogens is 153 g/mol. The Bertz CT molecular complexity index is 107. The van der Waals surface area contributed by atoms with Crippen LogP contribution in [-0.2, 0) is 4.57 Å². The fourth-order valence-electron chi connectivity index (χ4n) is 0. The fraction of sp³-hybridized carbons (Fsp3) is 1.00. The van der Waals surface area contributed by atoms with Crippen LogP contribution >= 0.6 is 7.60 Å². The Hall–Kier alpha value is 0.110. The molecule has 0 atom stereocenters. The van der Waals surface area contributed by atoms with E-state index in [0.717, 1.165) is 0 Å². The molecule has 0 bridgehead atoms. The molecule has 0 spiro atoms. The van der Waals surface area contributed by atoms with Crippen molar-refractivity contribution in [2.75, 3.05) is 27.3 Å². The van der Waals surface area contributed by atoms with Gasteiger partial charge < -0.3 is 14.7 Å². The Morgan fingerprint density at radius 3 is 1.40 bits per heavy atom. The summed E-state index contributed by atoms with van der Waals surface area (Å²) in [6, 6.07) is 0. The predicted molar refractivity (Wildman–Crippen MR) is 42.2 cm³/mol. The van der Waals surface area contributed by atoms with Crippen molar-refractivity contribution in [1.29, 1.82) is 0 Å². The van der Waals surface area contributed by atoms with Gasteiger partial charge >= 0.3 is 7.60 Å². The lowest BCUT2D eigenvalue weighted by Crippen LogP contribution is -1.99. The van der Waals surface area contributed by atoms with Crippen LogP contribution in [0.3, 0.4) is 0 Å². The third-order valence-electron chi connectivity index (χ3n) is 0.412. The molecular formula is C5H16NO3P. The molecule has 0 fully saturated rings. The molecule has 0 aliphatic carbocycles. The van der Waals surface area contributed by atoms with E-state index in [0.29, 0.717) is 0 Å². The second kappa shape index (κ2) is 5.86. The van der Waals surface area contributed by atoms with E-state index in [1.807, 2.05) is 26.0 Å². The maximum Gasteiger partial charge on any atom is 0.325 e. The van der Waals surface area contributed by atoms with Gasteiger partial charge in [0.1, 0.15) is 0 Å². The SMILES string of the molecule is CCP(=O)(O)O.CN(C)C. The van der Waals surface area contributed by atoms with Crippen molar-refractivity contribution < 1.29 is 14.4 Å². The molecule has 0 aliphatic heterocycles. The second-order valence-corrected chi connectivity index (χ2v) is 4.28. The van der Waals surface area contributed by atoms with Gasteiger partial charge in [0.05, 0.1) is 0 Å². The first-order chi connectivity index (χ1) is 4.29. The summed E-state index contributed by atoms with van der Waals surface area (Å²) >= 11 is 0. The Kier molecular flexibility index (Phi) is 7.48. The fourth-order valence-corrected chi connectivity index (χ4v) is 0. The maximum absolute atomic E-state index is 9.69. The zero-order valence-electron chi connectivity index (χ0n) is 6.90. The maximum atomic E-state index is 9.69. The van der Waals surface area contributed by atoms with E-state index < -0.39 is 7.60 Å². The van der Waals surface area contributed by atoms with Crippen molar-refractivity contribution in [2.24, 2.45) is 0 Å². The molecule has 2 N–H and O–H groups in total. The van der Waals surface area contributed by atoms with Crippen molar-refractivity contribution >= 4 is 7.60 Å². The van der Waals surface area contributed by atoms with Crippen LogP contribution in [0.25, 0.3) is 0 Å². The molecule has 0 aromatic carbocycles. The topological polar surface area (TPSA) is 60.8 Å². The Morgan fingerprint density at radius 2 is 1.40 bits per heavy atom. The van der Waals surface area contributed by atoms with E-state index in [1.54, 1.807) is 0 Å². The number of hydrogen-bond donors (Lipinski definition) is 2. The van der Waals surface area contributed by atoms with Gasteiger partial charge in [-0.1, -0.05) is 6.92 Å². The van der Waals surface area contributed by atoms with Gasteiger partial charge in [-0.2, -0.15) is 0 Å². The van der Waals surface area contributed by atoms with Gasteiger partial charge in [-0.3, -0.25) is 4.57 Å². The van der Waals surface area contributed by atoms with Crippen LogP contribution in [0.4, 0.5) is 0 Å². The van der Waals surface area contributed by atoms with E-state index >= 15 is 0 Å². The molecule has 0 aromatic heterocycles. The molecule has 0 saturated heterocycles. The lowest BCUT2D eigenvalue weighted by molar-refractivity contribution is 0.375. The van der Waals surface area contributed by atoms with Gasteiger partial charge in [0.15, 0.2) is 0 Å². The highest BCUT2D eigenvalue weighted by Crippen LogP contribution is 2.32. The molecule has 4 nitrogen and oxygen atoms in total. The molecule has 0 unspecified atom stereocenters. The van der Waals surface area contributed by atoms with Crippen molar-refractivity contribution in [1.82, 2.24) is 4.90 Å². The van der Waals surface area contributed by atoms with Crippen LogP contribution in [0.2, 0.25) is 0 Å². The van der Waals surface area contributed by atoms with E-state index in [9.17, 15) is 4.57 Å². The van der Waals surface area contributed by atoms with Crippen LogP contribution in [0.15, 0.2) is 0 Å². The average Bonchev–Trinajstić information content (AvgIpc) is 1.63. The van der Waals surface area contributed by atoms with Gasteiger partial charge in [-0.25, -0.2) is 0 Å². The van der Waals surface area contributed by atoms with Crippen LogP contribution in [-0.4, -0.2) is 42.0 Å². The highest BCUT2D eigenvalue weighted by molar-refractivity contribution is 7.51. The summed E-state index contributed by atoms with van der Waals surface area (Å²) in [6.45, 7) is 1.45. The first-order valence-corrected chi connectivity index (χ1v) is 4.75. The van der Waals surface area contributed by atoms with E-state index in [4.69, 9.17) is 9.79 Å². The second-order valence-electron chi connectivity index (χ2n) is 2.32. The molecule has 0 aromatic rings. The smallest absolute Gasteiger partial charge is 0.324 e. The molecule has 0 rings (SSSR count). The summed E-state index contributed by atoms with van der Waals surface area (Å²) < 4.78 is 9.69. The van der Waals surface area contributed by atoms with Gasteiger partial charge in [0.25, 0.3) is 0 Å². The Labute approximate surface area is 62.0 Å². The van der Waals surface area contributed by atoms with Crippen molar-refractivity contribution in [3.05, 3.63) is 0 Å². The third-order valence-corrected chi connectivity index (χ3v) is 1.24. The predicted octanol–water partition coefficient (Wildman–Crippen LogP) is 0.362. The molecule has 64 valence electrons. The van der Waals surface area contributed by atoms with E-state index in [1.165, 1.54) is 6.92 Å².